The molecule has 1 N–H and O–H groups in total. The molecule has 0 unspecified atom stereocenters. The third-order valence-electron chi connectivity index (χ3n) is 4.60. The van der Waals surface area contributed by atoms with Crippen molar-refractivity contribution in [1.82, 2.24) is 14.6 Å². The Labute approximate surface area is 161 Å². The molecule has 2 aromatic heterocycles. The number of aromatic nitrogens is 3. The van der Waals surface area contributed by atoms with Crippen LogP contribution >= 0.6 is 0 Å². The zero-order chi connectivity index (χ0) is 19.5. The maximum Gasteiger partial charge on any atom is 0.356 e. The van der Waals surface area contributed by atoms with Crippen LogP contribution in [0.5, 0.6) is 0 Å². The molecule has 140 valence electrons. The zero-order valence-corrected chi connectivity index (χ0v) is 15.4. The van der Waals surface area contributed by atoms with Crippen LogP contribution in [0.3, 0.4) is 0 Å². The molecule has 4 rings (SSSR count). The minimum absolute atomic E-state index is 0.176. The first-order chi connectivity index (χ1) is 13.7. The van der Waals surface area contributed by atoms with Gasteiger partial charge in [0.25, 0.3) is 5.56 Å². The van der Waals surface area contributed by atoms with E-state index in [0.29, 0.717) is 11.3 Å². The van der Waals surface area contributed by atoms with Crippen LogP contribution in [0.25, 0.3) is 16.9 Å². The molecule has 0 saturated carbocycles. The molecule has 6 nitrogen and oxygen atoms in total. The Hall–Kier alpha value is -3.67. The highest BCUT2D eigenvalue weighted by atomic mass is 16.5. The quantitative estimate of drug-likeness (QED) is 0.542. The lowest BCUT2D eigenvalue weighted by Crippen LogP contribution is -2.15. The molecule has 0 atom stereocenters. The summed E-state index contributed by atoms with van der Waals surface area (Å²) in [7, 11) is 0. The molecule has 0 radical (unpaired) electrons. The van der Waals surface area contributed by atoms with Gasteiger partial charge in [0, 0.05) is 17.7 Å². The molecule has 0 bridgehead atoms. The van der Waals surface area contributed by atoms with Crippen LogP contribution in [0.1, 0.15) is 28.5 Å². The Morgan fingerprint density at radius 1 is 1.04 bits per heavy atom. The Morgan fingerprint density at radius 3 is 2.50 bits per heavy atom. The van der Waals surface area contributed by atoms with Crippen molar-refractivity contribution in [3.05, 3.63) is 93.9 Å². The molecule has 0 saturated heterocycles. The first-order valence-electron chi connectivity index (χ1n) is 9.08. The van der Waals surface area contributed by atoms with E-state index in [-0.39, 0.29) is 17.9 Å². The Balaban J connectivity index is 1.60. The summed E-state index contributed by atoms with van der Waals surface area (Å²) in [5.74, 6) is -0.530. The summed E-state index contributed by atoms with van der Waals surface area (Å²) in [6.45, 7) is 2.23. The second-order valence-electron chi connectivity index (χ2n) is 6.41. The number of esters is 1. The fourth-order valence-electron chi connectivity index (χ4n) is 3.12. The van der Waals surface area contributed by atoms with E-state index in [2.05, 4.69) is 17.0 Å². The predicted molar refractivity (Wildman–Crippen MR) is 106 cm³/mol. The Kier molecular flexibility index (Phi) is 4.76. The fourth-order valence-corrected chi connectivity index (χ4v) is 3.12. The molecule has 2 aromatic carbocycles. The third-order valence-corrected chi connectivity index (χ3v) is 4.60. The van der Waals surface area contributed by atoms with Gasteiger partial charge in [-0.25, -0.2) is 14.3 Å². The SMILES string of the molecule is CCc1ccccc1COC(=O)c1cc2nc(-c3ccccc3)cc(=O)n2[nH]1. The molecule has 4 aromatic rings. The van der Waals surface area contributed by atoms with Crippen molar-refractivity contribution >= 4 is 11.6 Å². The van der Waals surface area contributed by atoms with Gasteiger partial charge in [0.15, 0.2) is 5.65 Å². The summed E-state index contributed by atoms with van der Waals surface area (Å²) < 4.78 is 6.67. The van der Waals surface area contributed by atoms with E-state index in [0.717, 1.165) is 23.1 Å². The highest BCUT2D eigenvalue weighted by Crippen LogP contribution is 2.16. The summed E-state index contributed by atoms with van der Waals surface area (Å²) >= 11 is 0. The molecule has 0 amide bonds. The van der Waals surface area contributed by atoms with Crippen LogP contribution in [0.4, 0.5) is 0 Å². The number of aryl methyl sites for hydroxylation is 1. The standard InChI is InChI=1S/C22H19N3O3/c1-2-15-8-6-7-11-17(15)14-28-22(27)19-12-20-23-18(13-21(26)25(20)24-19)16-9-4-3-5-10-16/h3-13,24H,2,14H2,1H3. The minimum atomic E-state index is -0.530. The van der Waals surface area contributed by atoms with Crippen molar-refractivity contribution in [1.29, 1.82) is 0 Å². The lowest BCUT2D eigenvalue weighted by Gasteiger charge is -2.07. The molecular weight excluding hydrogens is 354 g/mol. The van der Waals surface area contributed by atoms with Crippen molar-refractivity contribution in [2.24, 2.45) is 0 Å². The van der Waals surface area contributed by atoms with Crippen LogP contribution in [0.2, 0.25) is 0 Å². The number of nitrogens with one attached hydrogen (secondary N) is 1. The Bertz CT molecular complexity index is 1190. The molecule has 2 heterocycles. The van der Waals surface area contributed by atoms with E-state index in [9.17, 15) is 9.59 Å². The van der Waals surface area contributed by atoms with Crippen molar-refractivity contribution in [2.75, 3.05) is 0 Å². The van der Waals surface area contributed by atoms with Gasteiger partial charge >= 0.3 is 5.97 Å². The number of ether oxygens (including phenoxy) is 1. The van der Waals surface area contributed by atoms with Crippen LogP contribution in [0.15, 0.2) is 71.5 Å². The highest BCUT2D eigenvalue weighted by molar-refractivity contribution is 5.88. The zero-order valence-electron chi connectivity index (χ0n) is 15.4. The van der Waals surface area contributed by atoms with Crippen LogP contribution in [0, 0.1) is 0 Å². The van der Waals surface area contributed by atoms with E-state index in [1.54, 1.807) is 0 Å². The monoisotopic (exact) mass is 373 g/mol. The average molecular weight is 373 g/mol. The maximum atomic E-state index is 12.5. The normalized spacial score (nSPS) is 10.9. The van der Waals surface area contributed by atoms with Crippen molar-refractivity contribution in [3.8, 4) is 11.3 Å². The number of fused-ring (bicyclic) bond motifs is 1. The van der Waals surface area contributed by atoms with Gasteiger partial charge in [-0.2, -0.15) is 0 Å². The molecular formula is C22H19N3O3. The Morgan fingerprint density at radius 2 is 1.75 bits per heavy atom. The number of hydrogen-bond acceptors (Lipinski definition) is 4. The number of carbonyl (C=O) groups excluding carboxylic acids is 1. The van der Waals surface area contributed by atoms with Gasteiger partial charge in [-0.3, -0.25) is 9.89 Å². The maximum absolute atomic E-state index is 12.5. The van der Waals surface area contributed by atoms with Gasteiger partial charge in [0.05, 0.1) is 5.69 Å². The van der Waals surface area contributed by atoms with Gasteiger partial charge in [-0.15, -0.1) is 0 Å². The van der Waals surface area contributed by atoms with E-state index in [1.807, 2.05) is 54.6 Å². The van der Waals surface area contributed by atoms with Crippen LogP contribution < -0.4 is 5.56 Å². The number of nitrogens with zero attached hydrogens (tertiary/aromatic N) is 2. The summed E-state index contributed by atoms with van der Waals surface area (Å²) in [4.78, 5) is 29.3. The lowest BCUT2D eigenvalue weighted by molar-refractivity contribution is 0.0464. The number of benzene rings is 2. The van der Waals surface area contributed by atoms with Gasteiger partial charge in [-0.05, 0) is 17.5 Å². The summed E-state index contributed by atoms with van der Waals surface area (Å²) in [5.41, 5.74) is 3.76. The van der Waals surface area contributed by atoms with Crippen LogP contribution in [-0.4, -0.2) is 20.6 Å². The number of carbonyl (C=O) groups is 1. The number of rotatable bonds is 5. The third kappa shape index (κ3) is 3.44. The highest BCUT2D eigenvalue weighted by Gasteiger charge is 2.15. The minimum Gasteiger partial charge on any atom is -0.456 e. The molecule has 0 spiro atoms. The first-order valence-corrected chi connectivity index (χ1v) is 9.08. The summed E-state index contributed by atoms with van der Waals surface area (Å²) in [5, 5.41) is 2.77. The molecule has 0 aliphatic rings. The number of hydrogen-bond donors (Lipinski definition) is 1. The van der Waals surface area contributed by atoms with Gasteiger partial charge < -0.3 is 4.74 Å². The molecule has 6 heteroatoms. The molecule has 0 aliphatic heterocycles. The van der Waals surface area contributed by atoms with E-state index in [1.165, 1.54) is 16.6 Å². The first kappa shape index (κ1) is 17.7. The fraction of sp³-hybridized carbons (Fsp3) is 0.136. The molecule has 0 fully saturated rings. The largest absolute Gasteiger partial charge is 0.456 e. The van der Waals surface area contributed by atoms with Crippen molar-refractivity contribution in [3.63, 3.8) is 0 Å². The smallest absolute Gasteiger partial charge is 0.356 e. The van der Waals surface area contributed by atoms with Gasteiger partial charge in [-0.1, -0.05) is 61.5 Å². The summed E-state index contributed by atoms with van der Waals surface area (Å²) in [6, 6.07) is 20.2. The molecule has 0 aliphatic carbocycles. The van der Waals surface area contributed by atoms with Gasteiger partial charge in [0.2, 0.25) is 0 Å². The number of aromatic amines is 1. The van der Waals surface area contributed by atoms with Gasteiger partial charge in [0.1, 0.15) is 12.3 Å². The number of H-pyrrole nitrogens is 1. The van der Waals surface area contributed by atoms with E-state index in [4.69, 9.17) is 4.74 Å². The lowest BCUT2D eigenvalue weighted by atomic mass is 10.1. The second-order valence-corrected chi connectivity index (χ2v) is 6.41. The van der Waals surface area contributed by atoms with E-state index >= 15 is 0 Å². The van der Waals surface area contributed by atoms with E-state index < -0.39 is 5.97 Å². The van der Waals surface area contributed by atoms with Crippen molar-refractivity contribution < 1.29 is 9.53 Å². The van der Waals surface area contributed by atoms with Crippen molar-refractivity contribution in [2.45, 2.75) is 20.0 Å². The van der Waals surface area contributed by atoms with Crippen LogP contribution in [-0.2, 0) is 17.8 Å². The molecule has 28 heavy (non-hydrogen) atoms. The topological polar surface area (TPSA) is 76.5 Å². The second kappa shape index (κ2) is 7.52. The summed E-state index contributed by atoms with van der Waals surface area (Å²) in [6.07, 6.45) is 0.863. The average Bonchev–Trinajstić information content (AvgIpc) is 3.18. The predicted octanol–water partition coefficient (Wildman–Crippen LogP) is 3.61.